The van der Waals surface area contributed by atoms with Gasteiger partial charge in [-0.25, -0.2) is 13.6 Å². The highest BCUT2D eigenvalue weighted by Gasteiger charge is 2.29. The molecule has 0 aromatic rings. The summed E-state index contributed by atoms with van der Waals surface area (Å²) in [4.78, 5) is 12.5. The molecule has 0 aromatic carbocycles. The number of rotatable bonds is 4. The third-order valence-corrected chi connectivity index (χ3v) is 1.18. The Balaban J connectivity index is 3.80. The third kappa shape index (κ3) is 3.25. The van der Waals surface area contributed by atoms with Gasteiger partial charge in [-0.3, -0.25) is 4.94 Å². The Kier molecular flexibility index (Phi) is 4.65. The molecule has 2 nitrogen and oxygen atoms in total. The van der Waals surface area contributed by atoms with Gasteiger partial charge in [0, 0.05) is 4.53 Å². The van der Waals surface area contributed by atoms with Crippen molar-refractivity contribution < 1.29 is 23.0 Å². The van der Waals surface area contributed by atoms with Gasteiger partial charge < -0.3 is 0 Å². The first kappa shape index (κ1) is 10.3. The molecule has 66 valence electrons. The van der Waals surface area contributed by atoms with E-state index in [4.69, 9.17) is 0 Å². The molecule has 2 unspecified atom stereocenters. The zero-order valence-electron chi connectivity index (χ0n) is 6.02. The van der Waals surface area contributed by atoms with Gasteiger partial charge in [-0.05, 0) is 6.42 Å². The highest BCUT2D eigenvalue weighted by atomic mass is 19.3. The van der Waals surface area contributed by atoms with Gasteiger partial charge in [-0.15, -0.1) is 0 Å². The van der Waals surface area contributed by atoms with Crippen LogP contribution in [0.4, 0.5) is 13.3 Å². The molecule has 0 amide bonds. The van der Waals surface area contributed by atoms with Crippen molar-refractivity contribution >= 4 is 5.97 Å². The summed E-state index contributed by atoms with van der Waals surface area (Å²) in [5, 5.41) is 0. The van der Waals surface area contributed by atoms with Crippen molar-refractivity contribution in [3.63, 3.8) is 0 Å². The van der Waals surface area contributed by atoms with E-state index in [0.29, 0.717) is 6.42 Å². The van der Waals surface area contributed by atoms with Crippen LogP contribution in [0.1, 0.15) is 19.8 Å². The van der Waals surface area contributed by atoms with E-state index in [1.165, 1.54) is 0 Å². The van der Waals surface area contributed by atoms with Gasteiger partial charge in [0.1, 0.15) is 6.17 Å². The van der Waals surface area contributed by atoms with E-state index in [2.05, 4.69) is 4.94 Å². The average molecular weight is 170 g/mol. The molecule has 2 atom stereocenters. The molecule has 0 rings (SSSR count). The maximum atomic E-state index is 12.4. The van der Waals surface area contributed by atoms with Crippen LogP contribution in [0.15, 0.2) is 0 Å². The van der Waals surface area contributed by atoms with Gasteiger partial charge >= 0.3 is 5.97 Å². The van der Waals surface area contributed by atoms with Gasteiger partial charge in [-0.1, -0.05) is 13.3 Å². The van der Waals surface area contributed by atoms with Crippen molar-refractivity contribution in [3.8, 4) is 0 Å². The lowest BCUT2D eigenvalue weighted by molar-refractivity contribution is -0.192. The molecular formula is C6H9F3O2. The Morgan fingerprint density at radius 2 is 2.09 bits per heavy atom. The number of hydrogen-bond acceptors (Lipinski definition) is 2. The van der Waals surface area contributed by atoms with E-state index in [1.807, 2.05) is 0 Å². The maximum Gasteiger partial charge on any atom is 0.385 e. The Hall–Kier alpha value is -0.740. The standard InChI is InChI=1S/C6H9F3O2/c1-2-3-4(7)5(8)6(10)11-9/h4-5H,2-3H2,1H3. The number of carbonyl (C=O) groups excluding carboxylic acids is 1. The largest absolute Gasteiger partial charge is 0.385 e. The first-order valence-corrected chi connectivity index (χ1v) is 3.24. The highest BCUT2D eigenvalue weighted by Crippen LogP contribution is 2.11. The van der Waals surface area contributed by atoms with Gasteiger partial charge in [-0.2, -0.15) is 0 Å². The molecule has 0 bridgehead atoms. The van der Waals surface area contributed by atoms with Crippen LogP contribution in [0.5, 0.6) is 0 Å². The summed E-state index contributed by atoms with van der Waals surface area (Å²) in [6, 6.07) is 0. The summed E-state index contributed by atoms with van der Waals surface area (Å²) in [5.41, 5.74) is 0. The summed E-state index contributed by atoms with van der Waals surface area (Å²) in [5.74, 6) is -1.80. The van der Waals surface area contributed by atoms with Gasteiger partial charge in [0.15, 0.2) is 0 Å². The molecule has 0 radical (unpaired) electrons. The zero-order valence-corrected chi connectivity index (χ0v) is 6.02. The Morgan fingerprint density at radius 3 is 2.45 bits per heavy atom. The average Bonchev–Trinajstić information content (AvgIpc) is 2.02. The lowest BCUT2D eigenvalue weighted by Gasteiger charge is -2.07. The lowest BCUT2D eigenvalue weighted by Crippen LogP contribution is -2.27. The molecule has 11 heavy (non-hydrogen) atoms. The smallest absolute Gasteiger partial charge is 0.251 e. The van der Waals surface area contributed by atoms with Crippen molar-refractivity contribution in [1.82, 2.24) is 0 Å². The van der Waals surface area contributed by atoms with Crippen LogP contribution in [0.3, 0.4) is 0 Å². The molecule has 0 fully saturated rings. The second kappa shape index (κ2) is 4.98. The van der Waals surface area contributed by atoms with Crippen molar-refractivity contribution in [3.05, 3.63) is 0 Å². The summed E-state index contributed by atoms with van der Waals surface area (Å²) < 4.78 is 35.7. The van der Waals surface area contributed by atoms with E-state index in [-0.39, 0.29) is 6.42 Å². The van der Waals surface area contributed by atoms with Crippen molar-refractivity contribution in [2.45, 2.75) is 32.1 Å². The number of hydrogen-bond donors (Lipinski definition) is 0. The second-order valence-electron chi connectivity index (χ2n) is 2.10. The molecule has 0 aromatic heterocycles. The predicted molar refractivity (Wildman–Crippen MR) is 31.9 cm³/mol. The Morgan fingerprint density at radius 1 is 1.55 bits per heavy atom. The van der Waals surface area contributed by atoms with Crippen LogP contribution in [-0.2, 0) is 9.74 Å². The van der Waals surface area contributed by atoms with E-state index >= 15 is 0 Å². The first-order valence-electron chi connectivity index (χ1n) is 3.24. The van der Waals surface area contributed by atoms with Crippen LogP contribution in [-0.4, -0.2) is 18.3 Å². The minimum absolute atomic E-state index is 0.115. The maximum absolute atomic E-state index is 12.4. The van der Waals surface area contributed by atoms with Crippen LogP contribution < -0.4 is 0 Å². The molecule has 0 heterocycles. The van der Waals surface area contributed by atoms with Crippen LogP contribution in [0.2, 0.25) is 0 Å². The molecule has 5 heteroatoms. The molecule has 0 aliphatic heterocycles. The normalized spacial score (nSPS) is 15.6. The monoisotopic (exact) mass is 170 g/mol. The zero-order chi connectivity index (χ0) is 8.85. The van der Waals surface area contributed by atoms with Crippen LogP contribution >= 0.6 is 0 Å². The second-order valence-corrected chi connectivity index (χ2v) is 2.10. The molecule has 0 spiro atoms. The van der Waals surface area contributed by atoms with E-state index in [0.717, 1.165) is 0 Å². The fourth-order valence-corrected chi connectivity index (χ4v) is 0.612. The lowest BCUT2D eigenvalue weighted by atomic mass is 10.1. The number of halogens is 3. The summed E-state index contributed by atoms with van der Waals surface area (Å²) in [7, 11) is 0. The molecule has 0 aliphatic rings. The molecule has 0 aliphatic carbocycles. The predicted octanol–water partition coefficient (Wildman–Crippen LogP) is 1.89. The topological polar surface area (TPSA) is 26.3 Å². The summed E-state index contributed by atoms with van der Waals surface area (Å²) in [6.45, 7) is 1.63. The molecule has 0 saturated carbocycles. The number of carbonyl (C=O) groups is 1. The quantitative estimate of drug-likeness (QED) is 0.644. The number of alkyl halides is 2. The van der Waals surface area contributed by atoms with E-state index < -0.39 is 18.3 Å². The van der Waals surface area contributed by atoms with Crippen molar-refractivity contribution in [1.29, 1.82) is 0 Å². The van der Waals surface area contributed by atoms with Crippen LogP contribution in [0, 0.1) is 0 Å². The van der Waals surface area contributed by atoms with Gasteiger partial charge in [0.25, 0.3) is 0 Å². The van der Waals surface area contributed by atoms with Gasteiger partial charge in [0.2, 0.25) is 6.17 Å². The van der Waals surface area contributed by atoms with Crippen molar-refractivity contribution in [2.75, 3.05) is 0 Å². The Labute approximate surface area is 62.2 Å². The summed E-state index contributed by atoms with van der Waals surface area (Å²) >= 11 is 0. The Bertz CT molecular complexity index is 129. The highest BCUT2D eigenvalue weighted by molar-refractivity contribution is 5.74. The van der Waals surface area contributed by atoms with E-state index in [9.17, 15) is 18.1 Å². The fraction of sp³-hybridized carbons (Fsp3) is 0.833. The molecular weight excluding hydrogens is 161 g/mol. The third-order valence-electron chi connectivity index (χ3n) is 1.18. The molecule has 0 N–H and O–H groups in total. The minimum Gasteiger partial charge on any atom is -0.251 e. The SMILES string of the molecule is CCCC(F)C(F)C(=O)OF. The van der Waals surface area contributed by atoms with Crippen LogP contribution in [0.25, 0.3) is 0 Å². The van der Waals surface area contributed by atoms with Gasteiger partial charge in [0.05, 0.1) is 0 Å². The molecule has 0 saturated heterocycles. The van der Waals surface area contributed by atoms with E-state index in [1.54, 1.807) is 6.92 Å². The first-order chi connectivity index (χ1) is 5.13. The van der Waals surface area contributed by atoms with Crippen molar-refractivity contribution in [2.24, 2.45) is 0 Å². The fourth-order valence-electron chi connectivity index (χ4n) is 0.612. The minimum atomic E-state index is -2.50. The summed E-state index contributed by atoms with van der Waals surface area (Å²) in [6.07, 6.45) is -4.19.